The summed E-state index contributed by atoms with van der Waals surface area (Å²) in [4.78, 5) is 47.3. The predicted octanol–water partition coefficient (Wildman–Crippen LogP) is 3.31. The van der Waals surface area contributed by atoms with Crippen molar-refractivity contribution >= 4 is 34.6 Å². The van der Waals surface area contributed by atoms with Gasteiger partial charge in [0.15, 0.2) is 5.82 Å². The van der Waals surface area contributed by atoms with Gasteiger partial charge < -0.3 is 20.7 Å². The summed E-state index contributed by atoms with van der Waals surface area (Å²) in [5, 5.41) is 14.5. The second kappa shape index (κ2) is 7.52. The van der Waals surface area contributed by atoms with E-state index in [1.165, 1.54) is 0 Å². The Kier molecular flexibility index (Phi) is 4.66. The third-order valence-corrected chi connectivity index (χ3v) is 7.71. The smallest absolute Gasteiger partial charge is 0.339 e. The maximum Gasteiger partial charge on any atom is 0.339 e. The van der Waals surface area contributed by atoms with E-state index < -0.39 is 22.8 Å². The molecule has 1 aliphatic carbocycles. The van der Waals surface area contributed by atoms with Crippen molar-refractivity contribution in [3.63, 3.8) is 0 Å². The van der Waals surface area contributed by atoms with Gasteiger partial charge in [-0.05, 0) is 50.5 Å². The lowest BCUT2D eigenvalue weighted by atomic mass is 9.86. The molecule has 2 aliphatic rings. The number of nitrogens with two attached hydrogens (primary N) is 1. The largest absolute Gasteiger partial charge is 0.481 e. The number of fused-ring (bicyclic) bond motifs is 2. The van der Waals surface area contributed by atoms with Crippen molar-refractivity contribution in [1.82, 2.24) is 19.7 Å². The van der Waals surface area contributed by atoms with Crippen LogP contribution in [0.3, 0.4) is 0 Å². The molecule has 2 unspecified atom stereocenters. The Morgan fingerprint density at radius 3 is 2.62 bits per heavy atom. The fraction of sp³-hybridized carbons (Fsp3) is 0.296. The number of amides is 2. The van der Waals surface area contributed by atoms with E-state index in [9.17, 15) is 19.5 Å². The molecule has 2 atom stereocenters. The number of aromatic amines is 1. The van der Waals surface area contributed by atoms with Gasteiger partial charge in [0.05, 0.1) is 27.8 Å². The summed E-state index contributed by atoms with van der Waals surface area (Å²) in [7, 11) is 0. The number of nitrogens with zero attached hydrogens (tertiary/aromatic N) is 4. The summed E-state index contributed by atoms with van der Waals surface area (Å²) in [5.74, 6) is -1.06. The zero-order valence-corrected chi connectivity index (χ0v) is 20.6. The topological polar surface area (TPSA) is 147 Å². The van der Waals surface area contributed by atoms with Crippen molar-refractivity contribution in [1.29, 1.82) is 0 Å². The van der Waals surface area contributed by atoms with Gasteiger partial charge in [-0.15, -0.1) is 0 Å². The summed E-state index contributed by atoms with van der Waals surface area (Å²) in [5.41, 5.74) is 7.71. The summed E-state index contributed by atoms with van der Waals surface area (Å²) in [6, 6.07) is 15.2. The minimum Gasteiger partial charge on any atom is -0.481 e. The molecule has 10 nitrogen and oxygen atoms in total. The number of hydrogen-bond donors (Lipinski definition) is 3. The number of carboxylic acid groups (broad SMARTS) is 1. The minimum absolute atomic E-state index is 0.0347. The maximum atomic E-state index is 12.9. The fourth-order valence-electron chi connectivity index (χ4n) is 5.61. The minimum atomic E-state index is -1.37. The van der Waals surface area contributed by atoms with Crippen LogP contribution in [0.4, 0.5) is 10.5 Å². The molecule has 1 radical (unpaired) electrons. The number of carbonyl (C=O) groups is 3. The lowest BCUT2D eigenvalue weighted by Gasteiger charge is -2.18. The van der Waals surface area contributed by atoms with Crippen molar-refractivity contribution in [3.05, 3.63) is 65.4 Å². The van der Waals surface area contributed by atoms with Crippen LogP contribution >= 0.6 is 0 Å². The highest BCUT2D eigenvalue weighted by atomic mass is 16.4. The van der Waals surface area contributed by atoms with Gasteiger partial charge in [-0.25, -0.2) is 9.78 Å². The average Bonchev–Trinajstić information content (AvgIpc) is 3.16. The number of aromatic nitrogens is 4. The van der Waals surface area contributed by atoms with Crippen LogP contribution in [0, 0.1) is 6.07 Å². The van der Waals surface area contributed by atoms with E-state index in [4.69, 9.17) is 5.73 Å². The molecule has 0 bridgehead atoms. The SMILES string of the molecule is CCN1C(=O)C(C)(C)c2cc3[nH]c(-c4[c]c(C5(C(=O)O)CC5c5ccccc5)n(C(N)=O)n4)nc3cc21. The molecular weight excluding hydrogens is 472 g/mol. The second-order valence-corrected chi connectivity index (χ2v) is 10.2. The molecule has 6 rings (SSSR count). The van der Waals surface area contributed by atoms with E-state index in [2.05, 4.69) is 21.1 Å². The number of primary amides is 1. The van der Waals surface area contributed by atoms with Crippen LogP contribution in [-0.4, -0.2) is 49.3 Å². The van der Waals surface area contributed by atoms with Crippen LogP contribution in [0.5, 0.6) is 0 Å². The third kappa shape index (κ3) is 3.08. The van der Waals surface area contributed by atoms with E-state index in [-0.39, 0.29) is 23.2 Å². The van der Waals surface area contributed by atoms with Gasteiger partial charge in [0, 0.05) is 18.5 Å². The second-order valence-electron chi connectivity index (χ2n) is 10.2. The van der Waals surface area contributed by atoms with Crippen LogP contribution in [0.25, 0.3) is 22.6 Å². The molecule has 187 valence electrons. The van der Waals surface area contributed by atoms with Crippen molar-refractivity contribution in [2.45, 2.75) is 43.9 Å². The Bertz CT molecular complexity index is 1620. The lowest BCUT2D eigenvalue weighted by molar-refractivity contribution is -0.140. The molecule has 2 aromatic heterocycles. The zero-order valence-electron chi connectivity index (χ0n) is 20.6. The van der Waals surface area contributed by atoms with Crippen molar-refractivity contribution in [2.24, 2.45) is 5.73 Å². The number of imidazole rings is 1. The number of anilines is 1. The standard InChI is InChI=1S/C27H25N6O4/c1-4-32-20-11-18-17(10-15(20)26(2,3)23(32)34)29-22(30-18)19-12-21(33(31-19)25(28)37)27(24(35)36)13-16(27)14-8-6-5-7-9-14/h5-11,16H,4,13H2,1-3H3,(H2,28,37)(H,29,30)(H,35,36). The summed E-state index contributed by atoms with van der Waals surface area (Å²) < 4.78 is 0.917. The van der Waals surface area contributed by atoms with E-state index in [0.29, 0.717) is 29.8 Å². The van der Waals surface area contributed by atoms with Gasteiger partial charge >= 0.3 is 12.0 Å². The van der Waals surface area contributed by atoms with Crippen LogP contribution < -0.4 is 10.6 Å². The highest BCUT2D eigenvalue weighted by Crippen LogP contribution is 2.60. The van der Waals surface area contributed by atoms with Crippen molar-refractivity contribution in [3.8, 4) is 11.5 Å². The van der Waals surface area contributed by atoms with Crippen molar-refractivity contribution in [2.75, 3.05) is 11.4 Å². The summed E-state index contributed by atoms with van der Waals surface area (Å²) in [6.07, 6.45) is 0.296. The number of aliphatic carboxylic acids is 1. The first kappa shape index (κ1) is 23.0. The molecule has 0 saturated heterocycles. The Labute approximate surface area is 212 Å². The fourth-order valence-corrected chi connectivity index (χ4v) is 5.61. The first-order valence-electron chi connectivity index (χ1n) is 12.1. The van der Waals surface area contributed by atoms with Crippen LogP contribution in [-0.2, 0) is 20.4 Å². The molecule has 37 heavy (non-hydrogen) atoms. The molecule has 2 aromatic carbocycles. The number of hydrogen-bond acceptors (Lipinski definition) is 5. The van der Waals surface area contributed by atoms with Crippen molar-refractivity contribution < 1.29 is 19.5 Å². The molecular formula is C27H25N6O4. The van der Waals surface area contributed by atoms with E-state index >= 15 is 0 Å². The predicted molar refractivity (Wildman–Crippen MR) is 135 cm³/mol. The van der Waals surface area contributed by atoms with Gasteiger partial charge in [0.2, 0.25) is 5.91 Å². The normalized spacial score (nSPS) is 21.9. The van der Waals surface area contributed by atoms with Gasteiger partial charge in [-0.1, -0.05) is 30.3 Å². The number of carbonyl (C=O) groups excluding carboxylic acids is 2. The summed E-state index contributed by atoms with van der Waals surface area (Å²) >= 11 is 0. The molecule has 4 aromatic rings. The summed E-state index contributed by atoms with van der Waals surface area (Å²) in [6.45, 7) is 6.25. The zero-order chi connectivity index (χ0) is 26.3. The monoisotopic (exact) mass is 497 g/mol. The maximum absolute atomic E-state index is 12.9. The van der Waals surface area contributed by atoms with Crippen LogP contribution in [0.15, 0.2) is 42.5 Å². The number of likely N-dealkylation sites (N-methyl/N-ethyl adjacent to an activating group) is 1. The van der Waals surface area contributed by atoms with Gasteiger partial charge in [0.1, 0.15) is 11.1 Å². The Morgan fingerprint density at radius 1 is 1.24 bits per heavy atom. The van der Waals surface area contributed by atoms with E-state index in [1.807, 2.05) is 63.2 Å². The van der Waals surface area contributed by atoms with Gasteiger partial charge in [-0.2, -0.15) is 9.78 Å². The number of rotatable bonds is 5. The van der Waals surface area contributed by atoms with Gasteiger partial charge in [0.25, 0.3) is 0 Å². The molecule has 2 amide bonds. The molecule has 1 fully saturated rings. The number of carboxylic acids is 1. The molecule has 1 aliphatic heterocycles. The van der Waals surface area contributed by atoms with Gasteiger partial charge in [-0.3, -0.25) is 9.59 Å². The molecule has 1 saturated carbocycles. The van der Waals surface area contributed by atoms with E-state index in [1.54, 1.807) is 4.90 Å². The lowest BCUT2D eigenvalue weighted by Crippen LogP contribution is -2.35. The quantitative estimate of drug-likeness (QED) is 0.385. The third-order valence-electron chi connectivity index (χ3n) is 7.71. The first-order chi connectivity index (χ1) is 17.6. The Hall–Kier alpha value is -4.47. The highest BCUT2D eigenvalue weighted by molar-refractivity contribution is 6.09. The number of nitrogens with one attached hydrogen (secondary N) is 1. The Balaban J connectivity index is 1.46. The number of H-pyrrole nitrogens is 1. The Morgan fingerprint density at radius 2 is 1.97 bits per heavy atom. The van der Waals surface area contributed by atoms with E-state index in [0.717, 1.165) is 21.5 Å². The highest BCUT2D eigenvalue weighted by Gasteiger charge is 2.64. The molecule has 0 spiro atoms. The molecule has 3 heterocycles. The molecule has 10 heteroatoms. The first-order valence-corrected chi connectivity index (χ1v) is 12.1. The number of benzene rings is 2. The molecule has 4 N–H and O–H groups in total. The average molecular weight is 498 g/mol. The van der Waals surface area contributed by atoms with Crippen LogP contribution in [0.2, 0.25) is 0 Å². The van der Waals surface area contributed by atoms with Crippen LogP contribution in [0.1, 0.15) is 49.9 Å².